The summed E-state index contributed by atoms with van der Waals surface area (Å²) in [5, 5.41) is 15.7. The molecule has 3 heterocycles. The molecule has 0 aliphatic carbocycles. The summed E-state index contributed by atoms with van der Waals surface area (Å²) in [4.78, 5) is 19.8. The third kappa shape index (κ3) is 3.47. The Kier molecular flexibility index (Phi) is 5.05. The summed E-state index contributed by atoms with van der Waals surface area (Å²) in [7, 11) is 1.91. The molecule has 0 atom stereocenters. The standard InChI is InChI=1S/C20H18N4O3S/c1-23(8-9-25)15-6-4-14(5-7-15)11-22-24-13-21-19-18(20(24)26)16(12-28-19)17-3-2-10-27-17/h2-7,10-13,25H,8-9H2,1H3/b22-11-. The second-order valence-electron chi connectivity index (χ2n) is 6.18. The number of rotatable bonds is 6. The summed E-state index contributed by atoms with van der Waals surface area (Å²) in [6.07, 6.45) is 4.62. The maximum Gasteiger partial charge on any atom is 0.283 e. The van der Waals surface area contributed by atoms with Gasteiger partial charge in [0.1, 0.15) is 16.9 Å². The molecule has 4 aromatic rings. The van der Waals surface area contributed by atoms with Crippen molar-refractivity contribution in [2.45, 2.75) is 0 Å². The molecule has 0 aliphatic rings. The first kappa shape index (κ1) is 18.1. The highest BCUT2D eigenvalue weighted by Crippen LogP contribution is 2.30. The van der Waals surface area contributed by atoms with Crippen molar-refractivity contribution < 1.29 is 9.52 Å². The third-order valence-corrected chi connectivity index (χ3v) is 5.25. The molecular weight excluding hydrogens is 376 g/mol. The van der Waals surface area contributed by atoms with E-state index in [0.717, 1.165) is 16.8 Å². The molecule has 28 heavy (non-hydrogen) atoms. The first-order valence-electron chi connectivity index (χ1n) is 8.66. The van der Waals surface area contributed by atoms with Crippen LogP contribution in [-0.2, 0) is 0 Å². The highest BCUT2D eigenvalue weighted by molar-refractivity contribution is 7.17. The lowest BCUT2D eigenvalue weighted by atomic mass is 10.2. The third-order valence-electron chi connectivity index (χ3n) is 4.37. The minimum absolute atomic E-state index is 0.0979. The predicted molar refractivity (Wildman–Crippen MR) is 111 cm³/mol. The lowest BCUT2D eigenvalue weighted by molar-refractivity contribution is 0.304. The van der Waals surface area contributed by atoms with E-state index in [-0.39, 0.29) is 12.2 Å². The molecule has 0 bridgehead atoms. The summed E-state index contributed by atoms with van der Waals surface area (Å²) < 4.78 is 6.66. The minimum atomic E-state index is -0.242. The lowest BCUT2D eigenvalue weighted by Crippen LogP contribution is -2.20. The van der Waals surface area contributed by atoms with Gasteiger partial charge in [0.15, 0.2) is 0 Å². The van der Waals surface area contributed by atoms with Crippen LogP contribution >= 0.6 is 11.3 Å². The Morgan fingerprint density at radius 1 is 1.32 bits per heavy atom. The maximum absolute atomic E-state index is 12.9. The zero-order chi connectivity index (χ0) is 19.5. The van der Waals surface area contributed by atoms with Gasteiger partial charge in [-0.25, -0.2) is 4.98 Å². The molecule has 0 aliphatic heterocycles. The fourth-order valence-electron chi connectivity index (χ4n) is 2.84. The quantitative estimate of drug-likeness (QED) is 0.508. The van der Waals surface area contributed by atoms with E-state index < -0.39 is 0 Å². The second kappa shape index (κ2) is 7.79. The molecule has 0 radical (unpaired) electrons. The van der Waals surface area contributed by atoms with Gasteiger partial charge in [-0.15, -0.1) is 11.3 Å². The van der Waals surface area contributed by atoms with Crippen LogP contribution < -0.4 is 10.5 Å². The summed E-state index contributed by atoms with van der Waals surface area (Å²) >= 11 is 1.40. The summed E-state index contributed by atoms with van der Waals surface area (Å²) in [5.41, 5.74) is 2.33. The van der Waals surface area contributed by atoms with Crippen LogP contribution in [0.4, 0.5) is 5.69 Å². The molecule has 142 valence electrons. The zero-order valence-corrected chi connectivity index (χ0v) is 16.0. The van der Waals surface area contributed by atoms with Crippen LogP contribution in [0.25, 0.3) is 21.5 Å². The minimum Gasteiger partial charge on any atom is -0.464 e. The number of fused-ring (bicyclic) bond motifs is 1. The molecular formula is C20H18N4O3S. The van der Waals surface area contributed by atoms with Gasteiger partial charge < -0.3 is 14.4 Å². The van der Waals surface area contributed by atoms with Crippen LogP contribution in [0.2, 0.25) is 0 Å². The monoisotopic (exact) mass is 394 g/mol. The molecule has 4 rings (SSSR count). The number of hydrogen-bond acceptors (Lipinski definition) is 7. The van der Waals surface area contributed by atoms with Gasteiger partial charge in [-0.3, -0.25) is 4.79 Å². The molecule has 0 amide bonds. The lowest BCUT2D eigenvalue weighted by Gasteiger charge is -2.17. The summed E-state index contributed by atoms with van der Waals surface area (Å²) in [6.45, 7) is 0.661. The highest BCUT2D eigenvalue weighted by Gasteiger charge is 2.14. The Morgan fingerprint density at radius 2 is 2.14 bits per heavy atom. The van der Waals surface area contributed by atoms with Crippen LogP contribution in [0.15, 0.2) is 68.7 Å². The van der Waals surface area contributed by atoms with Gasteiger partial charge in [-0.1, -0.05) is 12.1 Å². The molecule has 1 N–H and O–H groups in total. The van der Waals surface area contributed by atoms with Crippen molar-refractivity contribution in [3.05, 3.63) is 70.3 Å². The molecule has 3 aromatic heterocycles. The number of benzene rings is 1. The number of aromatic nitrogens is 2. The molecule has 1 aromatic carbocycles. The van der Waals surface area contributed by atoms with Crippen molar-refractivity contribution in [1.29, 1.82) is 0 Å². The number of anilines is 1. The van der Waals surface area contributed by atoms with Crippen molar-refractivity contribution in [1.82, 2.24) is 9.66 Å². The van der Waals surface area contributed by atoms with Crippen molar-refractivity contribution in [3.63, 3.8) is 0 Å². The van der Waals surface area contributed by atoms with Gasteiger partial charge in [-0.2, -0.15) is 9.78 Å². The van der Waals surface area contributed by atoms with Crippen molar-refractivity contribution >= 4 is 33.5 Å². The molecule has 0 saturated heterocycles. The number of furan rings is 1. The van der Waals surface area contributed by atoms with E-state index in [1.54, 1.807) is 18.5 Å². The average molecular weight is 394 g/mol. The normalized spacial score (nSPS) is 11.5. The van der Waals surface area contributed by atoms with Crippen LogP contribution in [0.3, 0.4) is 0 Å². The fourth-order valence-corrected chi connectivity index (χ4v) is 3.73. The number of thiophene rings is 1. The molecule has 0 spiro atoms. The molecule has 0 fully saturated rings. The SMILES string of the molecule is CN(CCO)c1ccc(/C=N\n2cnc3scc(-c4ccco4)c3c2=O)cc1. The predicted octanol–water partition coefficient (Wildman–Crippen LogP) is 3.03. The van der Waals surface area contributed by atoms with Crippen molar-refractivity contribution in [2.24, 2.45) is 5.10 Å². The van der Waals surface area contributed by atoms with E-state index in [9.17, 15) is 4.79 Å². The van der Waals surface area contributed by atoms with E-state index >= 15 is 0 Å². The van der Waals surface area contributed by atoms with Gasteiger partial charge in [-0.05, 0) is 29.8 Å². The largest absolute Gasteiger partial charge is 0.464 e. The number of nitrogens with zero attached hydrogens (tertiary/aromatic N) is 4. The summed E-state index contributed by atoms with van der Waals surface area (Å²) in [6, 6.07) is 11.3. The first-order valence-corrected chi connectivity index (χ1v) is 9.54. The van der Waals surface area contributed by atoms with E-state index in [0.29, 0.717) is 22.5 Å². The fraction of sp³-hybridized carbons (Fsp3) is 0.150. The molecule has 0 unspecified atom stereocenters. The van der Waals surface area contributed by atoms with Crippen LogP contribution in [0.1, 0.15) is 5.56 Å². The average Bonchev–Trinajstić information content (AvgIpc) is 3.38. The van der Waals surface area contributed by atoms with Crippen molar-refractivity contribution in [2.75, 3.05) is 25.1 Å². The zero-order valence-electron chi connectivity index (χ0n) is 15.1. The molecule has 0 saturated carbocycles. The van der Waals surface area contributed by atoms with Gasteiger partial charge in [0.05, 0.1) is 24.5 Å². The Hall–Kier alpha value is -3.23. The van der Waals surface area contributed by atoms with E-state index in [1.165, 1.54) is 22.3 Å². The number of likely N-dealkylation sites (N-methyl/N-ethyl adjacent to an activating group) is 1. The Morgan fingerprint density at radius 3 is 2.86 bits per heavy atom. The van der Waals surface area contributed by atoms with E-state index in [1.807, 2.05) is 47.7 Å². The number of hydrogen-bond donors (Lipinski definition) is 1. The van der Waals surface area contributed by atoms with Gasteiger partial charge in [0, 0.05) is 30.2 Å². The Balaban J connectivity index is 1.64. The smallest absolute Gasteiger partial charge is 0.283 e. The Bertz CT molecular complexity index is 1160. The van der Waals surface area contributed by atoms with Gasteiger partial charge in [0.2, 0.25) is 0 Å². The van der Waals surface area contributed by atoms with Gasteiger partial charge >= 0.3 is 0 Å². The maximum atomic E-state index is 12.9. The second-order valence-corrected chi connectivity index (χ2v) is 7.04. The van der Waals surface area contributed by atoms with Crippen LogP contribution in [0.5, 0.6) is 0 Å². The van der Waals surface area contributed by atoms with Crippen LogP contribution in [0, 0.1) is 0 Å². The van der Waals surface area contributed by atoms with E-state index in [2.05, 4.69) is 10.1 Å². The molecule has 7 nitrogen and oxygen atoms in total. The first-order chi connectivity index (χ1) is 13.7. The van der Waals surface area contributed by atoms with Crippen LogP contribution in [-0.4, -0.2) is 41.2 Å². The topological polar surface area (TPSA) is 83.9 Å². The van der Waals surface area contributed by atoms with Crippen molar-refractivity contribution in [3.8, 4) is 11.3 Å². The Labute approximate surface area is 164 Å². The van der Waals surface area contributed by atoms with Gasteiger partial charge in [0.25, 0.3) is 5.56 Å². The highest BCUT2D eigenvalue weighted by atomic mass is 32.1. The summed E-state index contributed by atoms with van der Waals surface area (Å²) in [5.74, 6) is 0.634. The molecule has 8 heteroatoms. The number of aliphatic hydroxyl groups excluding tert-OH is 1. The van der Waals surface area contributed by atoms with E-state index in [4.69, 9.17) is 9.52 Å². The number of aliphatic hydroxyl groups is 1.